The van der Waals surface area contributed by atoms with Gasteiger partial charge >= 0.3 is 6.18 Å². The Balaban J connectivity index is 3.01. The standard InChI is InChI=1S/C8H11F3N2/c1-7(2,3)13-5-4-6(12-13)8(9,10)11/h4-5H,1-3H3. The molecule has 74 valence electrons. The number of nitrogens with zero attached hydrogens (tertiary/aromatic N) is 2. The minimum absolute atomic E-state index is 0.413. The number of halogens is 3. The predicted octanol–water partition coefficient (Wildman–Crippen LogP) is 2.66. The van der Waals surface area contributed by atoms with E-state index in [9.17, 15) is 13.2 Å². The van der Waals surface area contributed by atoms with E-state index in [0.717, 1.165) is 6.07 Å². The molecule has 0 spiro atoms. The van der Waals surface area contributed by atoms with E-state index in [1.165, 1.54) is 10.9 Å². The van der Waals surface area contributed by atoms with Gasteiger partial charge in [0.05, 0.1) is 5.54 Å². The average molecular weight is 192 g/mol. The maximum atomic E-state index is 12.1. The van der Waals surface area contributed by atoms with Crippen LogP contribution in [0.2, 0.25) is 0 Å². The van der Waals surface area contributed by atoms with E-state index in [1.807, 2.05) is 0 Å². The first kappa shape index (κ1) is 10.1. The van der Waals surface area contributed by atoms with Crippen LogP contribution in [0.3, 0.4) is 0 Å². The van der Waals surface area contributed by atoms with Gasteiger partial charge in [-0.3, -0.25) is 4.68 Å². The SMILES string of the molecule is CC(C)(C)n1ccc(C(F)(F)F)n1. The minimum atomic E-state index is -4.35. The summed E-state index contributed by atoms with van der Waals surface area (Å²) in [5.74, 6) is 0. The molecular formula is C8H11F3N2. The van der Waals surface area contributed by atoms with Crippen LogP contribution in [0.25, 0.3) is 0 Å². The van der Waals surface area contributed by atoms with Crippen molar-refractivity contribution in [3.63, 3.8) is 0 Å². The van der Waals surface area contributed by atoms with Gasteiger partial charge in [0.1, 0.15) is 0 Å². The molecule has 13 heavy (non-hydrogen) atoms. The van der Waals surface area contributed by atoms with Crippen LogP contribution in [-0.2, 0) is 11.7 Å². The third kappa shape index (κ3) is 2.23. The molecule has 0 aliphatic heterocycles. The average Bonchev–Trinajstić information content (AvgIpc) is 2.28. The van der Waals surface area contributed by atoms with Gasteiger partial charge in [-0.25, -0.2) is 0 Å². The van der Waals surface area contributed by atoms with E-state index < -0.39 is 17.4 Å². The van der Waals surface area contributed by atoms with Gasteiger partial charge in [0.2, 0.25) is 0 Å². The van der Waals surface area contributed by atoms with E-state index in [4.69, 9.17) is 0 Å². The highest BCUT2D eigenvalue weighted by atomic mass is 19.4. The van der Waals surface area contributed by atoms with Gasteiger partial charge in [-0.2, -0.15) is 18.3 Å². The highest BCUT2D eigenvalue weighted by Gasteiger charge is 2.34. The number of hydrogen-bond acceptors (Lipinski definition) is 1. The van der Waals surface area contributed by atoms with Gasteiger partial charge < -0.3 is 0 Å². The quantitative estimate of drug-likeness (QED) is 0.617. The van der Waals surface area contributed by atoms with Gasteiger partial charge in [-0.1, -0.05) is 0 Å². The zero-order valence-electron chi connectivity index (χ0n) is 7.68. The second-order valence-electron chi connectivity index (χ2n) is 3.81. The van der Waals surface area contributed by atoms with Gasteiger partial charge in [0.15, 0.2) is 5.69 Å². The fourth-order valence-corrected chi connectivity index (χ4v) is 0.849. The summed E-state index contributed by atoms with van der Waals surface area (Å²) in [5.41, 5.74) is -1.26. The summed E-state index contributed by atoms with van der Waals surface area (Å²) in [6.07, 6.45) is -3.01. The van der Waals surface area contributed by atoms with Crippen molar-refractivity contribution >= 4 is 0 Å². The fraction of sp³-hybridized carbons (Fsp3) is 0.625. The summed E-state index contributed by atoms with van der Waals surface area (Å²) in [4.78, 5) is 0. The number of rotatable bonds is 0. The van der Waals surface area contributed by atoms with Crippen molar-refractivity contribution < 1.29 is 13.2 Å². The minimum Gasteiger partial charge on any atom is -0.267 e. The van der Waals surface area contributed by atoms with Crippen molar-refractivity contribution in [2.75, 3.05) is 0 Å². The molecule has 1 heterocycles. The first-order valence-corrected chi connectivity index (χ1v) is 3.84. The number of aromatic nitrogens is 2. The molecule has 0 fully saturated rings. The molecule has 0 bridgehead atoms. The van der Waals surface area contributed by atoms with Crippen LogP contribution in [0.4, 0.5) is 13.2 Å². The summed E-state index contributed by atoms with van der Waals surface area (Å²) in [7, 11) is 0. The molecule has 1 aromatic heterocycles. The van der Waals surface area contributed by atoms with Gasteiger partial charge in [0, 0.05) is 6.20 Å². The maximum Gasteiger partial charge on any atom is 0.435 e. The maximum absolute atomic E-state index is 12.1. The molecule has 0 amide bonds. The molecule has 0 atom stereocenters. The van der Waals surface area contributed by atoms with Gasteiger partial charge in [-0.15, -0.1) is 0 Å². The summed E-state index contributed by atoms with van der Waals surface area (Å²) in [6, 6.07) is 0.977. The molecule has 0 aromatic carbocycles. The lowest BCUT2D eigenvalue weighted by atomic mass is 10.1. The Morgan fingerprint density at radius 3 is 2.00 bits per heavy atom. The molecule has 5 heteroatoms. The molecule has 1 aromatic rings. The Morgan fingerprint density at radius 1 is 1.23 bits per heavy atom. The second-order valence-corrected chi connectivity index (χ2v) is 3.81. The van der Waals surface area contributed by atoms with Crippen LogP contribution in [0.5, 0.6) is 0 Å². The Kier molecular flexibility index (Phi) is 2.13. The van der Waals surface area contributed by atoms with Gasteiger partial charge in [0.25, 0.3) is 0 Å². The molecule has 0 aliphatic carbocycles. The van der Waals surface area contributed by atoms with Crippen LogP contribution >= 0.6 is 0 Å². The monoisotopic (exact) mass is 192 g/mol. The first-order valence-electron chi connectivity index (χ1n) is 3.84. The smallest absolute Gasteiger partial charge is 0.267 e. The number of hydrogen-bond donors (Lipinski definition) is 0. The number of alkyl halides is 3. The van der Waals surface area contributed by atoms with E-state index in [-0.39, 0.29) is 0 Å². The summed E-state index contributed by atoms with van der Waals surface area (Å²) < 4.78 is 37.6. The Hall–Kier alpha value is -1.00. The normalized spacial score (nSPS) is 13.4. The van der Waals surface area contributed by atoms with Crippen LogP contribution in [0.15, 0.2) is 12.3 Å². The highest BCUT2D eigenvalue weighted by Crippen LogP contribution is 2.28. The van der Waals surface area contributed by atoms with E-state index in [1.54, 1.807) is 20.8 Å². The summed E-state index contributed by atoms with van der Waals surface area (Å²) >= 11 is 0. The Bertz CT molecular complexity index is 265. The van der Waals surface area contributed by atoms with Gasteiger partial charge in [-0.05, 0) is 26.8 Å². The van der Waals surface area contributed by atoms with Crippen molar-refractivity contribution in [2.45, 2.75) is 32.5 Å². The zero-order valence-corrected chi connectivity index (χ0v) is 7.68. The fourth-order valence-electron chi connectivity index (χ4n) is 0.849. The zero-order chi connectivity index (χ0) is 10.3. The van der Waals surface area contributed by atoms with E-state index >= 15 is 0 Å². The van der Waals surface area contributed by atoms with Crippen LogP contribution < -0.4 is 0 Å². The molecule has 0 aliphatic rings. The molecule has 0 saturated carbocycles. The van der Waals surface area contributed by atoms with Crippen LogP contribution in [0, 0.1) is 0 Å². The van der Waals surface area contributed by atoms with E-state index in [2.05, 4.69) is 5.10 Å². The topological polar surface area (TPSA) is 17.8 Å². The van der Waals surface area contributed by atoms with Crippen LogP contribution in [0.1, 0.15) is 26.5 Å². The molecule has 2 nitrogen and oxygen atoms in total. The molecule has 0 saturated heterocycles. The van der Waals surface area contributed by atoms with Crippen molar-refractivity contribution in [1.82, 2.24) is 9.78 Å². The van der Waals surface area contributed by atoms with Crippen molar-refractivity contribution in [2.24, 2.45) is 0 Å². The largest absolute Gasteiger partial charge is 0.435 e. The lowest BCUT2D eigenvalue weighted by Gasteiger charge is -2.18. The molecule has 0 radical (unpaired) electrons. The predicted molar refractivity (Wildman–Crippen MR) is 42.2 cm³/mol. The lowest BCUT2D eigenvalue weighted by Crippen LogP contribution is -2.23. The molecule has 0 N–H and O–H groups in total. The molecule has 0 unspecified atom stereocenters. The second kappa shape index (κ2) is 2.75. The Labute approximate surface area is 74.4 Å². The molecule has 1 rings (SSSR count). The first-order chi connectivity index (χ1) is 5.71. The summed E-state index contributed by atoms with van der Waals surface area (Å²) in [5, 5.41) is 3.44. The van der Waals surface area contributed by atoms with Crippen molar-refractivity contribution in [3.8, 4) is 0 Å². The Morgan fingerprint density at radius 2 is 1.77 bits per heavy atom. The third-order valence-electron chi connectivity index (χ3n) is 1.57. The summed E-state index contributed by atoms with van der Waals surface area (Å²) in [6.45, 7) is 5.38. The highest BCUT2D eigenvalue weighted by molar-refractivity contribution is 5.04. The van der Waals surface area contributed by atoms with Crippen molar-refractivity contribution in [1.29, 1.82) is 0 Å². The molecular weight excluding hydrogens is 181 g/mol. The lowest BCUT2D eigenvalue weighted by molar-refractivity contribution is -0.141. The van der Waals surface area contributed by atoms with E-state index in [0.29, 0.717) is 0 Å². The van der Waals surface area contributed by atoms with Crippen LogP contribution in [-0.4, -0.2) is 9.78 Å². The third-order valence-corrected chi connectivity index (χ3v) is 1.57. The van der Waals surface area contributed by atoms with Crippen molar-refractivity contribution in [3.05, 3.63) is 18.0 Å².